The van der Waals surface area contributed by atoms with Gasteiger partial charge in [-0.15, -0.1) is 0 Å². The lowest BCUT2D eigenvalue weighted by atomic mass is 10.2. The van der Waals surface area contributed by atoms with Gasteiger partial charge < -0.3 is 20.5 Å². The lowest BCUT2D eigenvalue weighted by Gasteiger charge is -2.08. The van der Waals surface area contributed by atoms with Gasteiger partial charge in [-0.3, -0.25) is 14.4 Å². The van der Waals surface area contributed by atoms with Crippen molar-refractivity contribution in [2.75, 3.05) is 19.7 Å². The number of hydrogen-bond acceptors (Lipinski definition) is 4. The Bertz CT molecular complexity index is 501. The molecule has 1 rings (SSSR count). The van der Waals surface area contributed by atoms with Crippen LogP contribution in [0.4, 0.5) is 0 Å². The molecule has 3 N–H and O–H groups in total. The van der Waals surface area contributed by atoms with Gasteiger partial charge in [0.1, 0.15) is 12.3 Å². The number of amides is 2. The fourth-order valence-electron chi connectivity index (χ4n) is 1.32. The first-order chi connectivity index (χ1) is 9.47. The molecule has 0 aromatic heterocycles. The molecule has 0 atom stereocenters. The van der Waals surface area contributed by atoms with E-state index in [-0.39, 0.29) is 13.2 Å². The molecule has 1 aromatic carbocycles. The topological polar surface area (TPSA) is 105 Å². The van der Waals surface area contributed by atoms with Gasteiger partial charge in [0.05, 0.1) is 6.54 Å². The highest BCUT2D eigenvalue weighted by atomic mass is 16.5. The molecule has 2 amide bonds. The molecule has 1 aromatic rings. The summed E-state index contributed by atoms with van der Waals surface area (Å²) in [5, 5.41) is 12.8. The zero-order valence-electron chi connectivity index (χ0n) is 11.0. The van der Waals surface area contributed by atoms with Crippen LogP contribution in [-0.4, -0.2) is 42.6 Å². The lowest BCUT2D eigenvalue weighted by Crippen LogP contribution is -2.40. The Balaban J connectivity index is 2.23. The van der Waals surface area contributed by atoms with Gasteiger partial charge >= 0.3 is 5.97 Å². The number of nitrogens with one attached hydrogen (secondary N) is 2. The Morgan fingerprint density at radius 3 is 2.50 bits per heavy atom. The van der Waals surface area contributed by atoms with E-state index in [1.54, 1.807) is 12.1 Å². The Hall–Kier alpha value is -2.57. The first kappa shape index (κ1) is 15.5. The molecular weight excluding hydrogens is 264 g/mol. The van der Waals surface area contributed by atoms with Crippen LogP contribution in [-0.2, 0) is 14.4 Å². The van der Waals surface area contributed by atoms with Crippen molar-refractivity contribution in [1.82, 2.24) is 10.6 Å². The second-order valence-corrected chi connectivity index (χ2v) is 4.05. The van der Waals surface area contributed by atoms with Crippen LogP contribution in [0.3, 0.4) is 0 Å². The summed E-state index contributed by atoms with van der Waals surface area (Å²) >= 11 is 0. The molecule has 7 nitrogen and oxygen atoms in total. The van der Waals surface area contributed by atoms with Crippen molar-refractivity contribution < 1.29 is 24.2 Å². The number of benzene rings is 1. The Kier molecular flexibility index (Phi) is 6.02. The average Bonchev–Trinajstić information content (AvgIpc) is 2.40. The van der Waals surface area contributed by atoms with E-state index in [0.717, 1.165) is 5.56 Å². The summed E-state index contributed by atoms with van der Waals surface area (Å²) in [7, 11) is 0. The van der Waals surface area contributed by atoms with Crippen molar-refractivity contribution in [3.8, 4) is 5.75 Å². The fraction of sp³-hybridized carbons (Fsp3) is 0.308. The molecule has 7 heteroatoms. The summed E-state index contributed by atoms with van der Waals surface area (Å²) in [5.74, 6) is -1.61. The SMILES string of the molecule is Cc1cccc(OCC(=O)NCC(=O)NCC(=O)O)c1. The summed E-state index contributed by atoms with van der Waals surface area (Å²) in [6.07, 6.45) is 0. The number of carbonyl (C=O) groups is 3. The molecule has 0 unspecified atom stereocenters. The molecule has 0 aliphatic heterocycles. The third-order valence-electron chi connectivity index (χ3n) is 2.24. The van der Waals surface area contributed by atoms with E-state index in [2.05, 4.69) is 10.6 Å². The van der Waals surface area contributed by atoms with Crippen LogP contribution in [0, 0.1) is 6.92 Å². The number of aliphatic carboxylic acids is 1. The van der Waals surface area contributed by atoms with E-state index in [0.29, 0.717) is 5.75 Å². The van der Waals surface area contributed by atoms with E-state index in [9.17, 15) is 14.4 Å². The summed E-state index contributed by atoms with van der Waals surface area (Å²) in [4.78, 5) is 32.8. The van der Waals surface area contributed by atoms with Crippen LogP contribution in [0.1, 0.15) is 5.56 Å². The van der Waals surface area contributed by atoms with Crippen LogP contribution in [0.5, 0.6) is 5.75 Å². The highest BCUT2D eigenvalue weighted by Gasteiger charge is 2.07. The van der Waals surface area contributed by atoms with Crippen LogP contribution in [0.25, 0.3) is 0 Å². The maximum absolute atomic E-state index is 11.4. The molecule has 0 spiro atoms. The van der Waals surface area contributed by atoms with Gasteiger partial charge in [-0.05, 0) is 24.6 Å². The van der Waals surface area contributed by atoms with Crippen LogP contribution in [0.15, 0.2) is 24.3 Å². The minimum atomic E-state index is -1.15. The Morgan fingerprint density at radius 2 is 1.85 bits per heavy atom. The van der Waals surface area contributed by atoms with E-state index in [4.69, 9.17) is 9.84 Å². The number of ether oxygens (including phenoxy) is 1. The number of aryl methyl sites for hydroxylation is 1. The minimum absolute atomic E-state index is 0.213. The predicted molar refractivity (Wildman–Crippen MR) is 70.3 cm³/mol. The number of carboxylic acid groups (broad SMARTS) is 1. The quantitative estimate of drug-likeness (QED) is 0.635. The Labute approximate surface area is 115 Å². The van der Waals surface area contributed by atoms with E-state index in [1.165, 1.54) is 0 Å². The van der Waals surface area contributed by atoms with Crippen molar-refractivity contribution in [3.63, 3.8) is 0 Å². The molecule has 0 aliphatic rings. The van der Waals surface area contributed by atoms with Crippen molar-refractivity contribution in [3.05, 3.63) is 29.8 Å². The zero-order chi connectivity index (χ0) is 15.0. The standard InChI is InChI=1S/C13H16N2O5/c1-9-3-2-4-10(5-9)20-8-12(17)14-6-11(16)15-7-13(18)19/h2-5H,6-8H2,1H3,(H,14,17)(H,15,16)(H,18,19). The van der Waals surface area contributed by atoms with Gasteiger partial charge in [-0.2, -0.15) is 0 Å². The van der Waals surface area contributed by atoms with Crippen molar-refractivity contribution in [1.29, 1.82) is 0 Å². The molecule has 0 heterocycles. The maximum Gasteiger partial charge on any atom is 0.322 e. The smallest absolute Gasteiger partial charge is 0.322 e. The monoisotopic (exact) mass is 280 g/mol. The second-order valence-electron chi connectivity index (χ2n) is 4.05. The molecule has 0 radical (unpaired) electrons. The highest BCUT2D eigenvalue weighted by Crippen LogP contribution is 2.11. The van der Waals surface area contributed by atoms with Crippen molar-refractivity contribution >= 4 is 17.8 Å². The molecule has 0 fully saturated rings. The number of rotatable bonds is 7. The van der Waals surface area contributed by atoms with Crippen molar-refractivity contribution in [2.45, 2.75) is 6.92 Å². The summed E-state index contributed by atoms with van der Waals surface area (Å²) in [6.45, 7) is 0.924. The molecule has 0 saturated heterocycles. The van der Waals surface area contributed by atoms with Gasteiger partial charge in [0.2, 0.25) is 5.91 Å². The van der Waals surface area contributed by atoms with Gasteiger partial charge in [0.25, 0.3) is 5.91 Å². The molecule has 0 aliphatic carbocycles. The number of carboxylic acids is 1. The van der Waals surface area contributed by atoms with Gasteiger partial charge in [0.15, 0.2) is 6.61 Å². The molecular formula is C13H16N2O5. The van der Waals surface area contributed by atoms with E-state index in [1.807, 2.05) is 19.1 Å². The van der Waals surface area contributed by atoms with Crippen molar-refractivity contribution in [2.24, 2.45) is 0 Å². The van der Waals surface area contributed by atoms with E-state index < -0.39 is 24.3 Å². The third kappa shape index (κ3) is 6.39. The van der Waals surface area contributed by atoms with Gasteiger partial charge in [-0.1, -0.05) is 12.1 Å². The summed E-state index contributed by atoms with van der Waals surface area (Å²) in [5.41, 5.74) is 1.01. The summed E-state index contributed by atoms with van der Waals surface area (Å²) in [6, 6.07) is 7.22. The van der Waals surface area contributed by atoms with E-state index >= 15 is 0 Å². The van der Waals surface area contributed by atoms with Gasteiger partial charge in [-0.25, -0.2) is 0 Å². The normalized spacial score (nSPS) is 9.65. The molecule has 0 saturated carbocycles. The predicted octanol–water partition coefficient (Wildman–Crippen LogP) is -0.309. The lowest BCUT2D eigenvalue weighted by molar-refractivity contribution is -0.137. The van der Waals surface area contributed by atoms with Gasteiger partial charge in [0, 0.05) is 0 Å². The minimum Gasteiger partial charge on any atom is -0.484 e. The number of hydrogen-bond donors (Lipinski definition) is 3. The first-order valence-electron chi connectivity index (χ1n) is 5.92. The molecule has 108 valence electrons. The Morgan fingerprint density at radius 1 is 1.15 bits per heavy atom. The maximum atomic E-state index is 11.4. The average molecular weight is 280 g/mol. The zero-order valence-corrected chi connectivity index (χ0v) is 11.0. The van der Waals surface area contributed by atoms with Crippen LogP contribution < -0.4 is 15.4 Å². The molecule has 20 heavy (non-hydrogen) atoms. The van der Waals surface area contributed by atoms with Crippen LogP contribution in [0.2, 0.25) is 0 Å². The molecule has 0 bridgehead atoms. The fourth-order valence-corrected chi connectivity index (χ4v) is 1.32. The number of carbonyl (C=O) groups excluding carboxylic acids is 2. The highest BCUT2D eigenvalue weighted by molar-refractivity contribution is 5.87. The summed E-state index contributed by atoms with van der Waals surface area (Å²) < 4.78 is 5.24. The third-order valence-corrected chi connectivity index (χ3v) is 2.24. The van der Waals surface area contributed by atoms with Crippen LogP contribution >= 0.6 is 0 Å². The second kappa shape index (κ2) is 7.78. The largest absolute Gasteiger partial charge is 0.484 e. The first-order valence-corrected chi connectivity index (χ1v) is 5.92.